The summed E-state index contributed by atoms with van der Waals surface area (Å²) < 4.78 is 96.1. The van der Waals surface area contributed by atoms with E-state index in [9.17, 15) is 31.1 Å². The van der Waals surface area contributed by atoms with Crippen LogP contribution in [-0.2, 0) is 11.3 Å². The van der Waals surface area contributed by atoms with Crippen LogP contribution in [0.15, 0.2) is 47.1 Å². The summed E-state index contributed by atoms with van der Waals surface area (Å²) in [7, 11) is 0. The number of furan rings is 1. The maximum Gasteiger partial charge on any atom is 0.434 e. The van der Waals surface area contributed by atoms with E-state index in [1.165, 1.54) is 29.6 Å². The third-order valence-corrected chi connectivity index (χ3v) is 5.32. The Morgan fingerprint density at radius 2 is 1.75 bits per heavy atom. The summed E-state index contributed by atoms with van der Waals surface area (Å²) in [5.41, 5.74) is -5.11. The van der Waals surface area contributed by atoms with Gasteiger partial charge in [0.2, 0.25) is 0 Å². The van der Waals surface area contributed by atoms with Gasteiger partial charge < -0.3 is 14.5 Å². The second-order valence-corrected chi connectivity index (χ2v) is 7.70. The average molecular weight is 485 g/mol. The fourth-order valence-corrected chi connectivity index (χ4v) is 3.65. The van der Waals surface area contributed by atoms with E-state index in [0.717, 1.165) is 18.4 Å². The van der Waals surface area contributed by atoms with E-state index in [2.05, 4.69) is 0 Å². The van der Waals surface area contributed by atoms with Gasteiger partial charge in [0.1, 0.15) is 5.76 Å². The first kappa shape index (κ1) is 24.4. The van der Waals surface area contributed by atoms with E-state index >= 15 is 0 Å². The standard InChI is InChI=1S/C20H19ClF6N2O3/c21-14-7-5-13(6-8-14)17(30)28-18(19(22,23)24,20(25,26)27)29(11-15-3-1-9-31-15)12-16-4-2-10-32-16/h1,3,5-9,16H,2,4,10-12H2,(H,28,30)/t16-/m1/s1. The van der Waals surface area contributed by atoms with E-state index in [1.807, 2.05) is 0 Å². The molecule has 176 valence electrons. The molecule has 1 amide bonds. The number of carbonyl (C=O) groups excluding carboxylic acids is 1. The predicted octanol–water partition coefficient (Wildman–Crippen LogP) is 5.16. The van der Waals surface area contributed by atoms with Crippen molar-refractivity contribution >= 4 is 17.5 Å². The zero-order chi connectivity index (χ0) is 23.6. The smallest absolute Gasteiger partial charge is 0.434 e. The molecular formula is C20H19ClF6N2O3. The molecule has 1 saturated heterocycles. The van der Waals surface area contributed by atoms with Crippen molar-refractivity contribution in [1.29, 1.82) is 0 Å². The largest absolute Gasteiger partial charge is 0.468 e. The molecule has 1 aliphatic rings. The van der Waals surface area contributed by atoms with Crippen LogP contribution in [0.3, 0.4) is 0 Å². The van der Waals surface area contributed by atoms with Gasteiger partial charge in [-0.25, -0.2) is 0 Å². The number of nitrogens with one attached hydrogen (secondary N) is 1. The highest BCUT2D eigenvalue weighted by Gasteiger charge is 2.75. The topological polar surface area (TPSA) is 54.7 Å². The molecule has 0 saturated carbocycles. The van der Waals surface area contributed by atoms with Gasteiger partial charge in [0.25, 0.3) is 11.6 Å². The molecule has 1 fully saturated rings. The minimum atomic E-state index is -5.93. The van der Waals surface area contributed by atoms with Crippen molar-refractivity contribution in [2.24, 2.45) is 0 Å². The van der Waals surface area contributed by atoms with Crippen LogP contribution in [-0.4, -0.2) is 48.1 Å². The first-order chi connectivity index (χ1) is 14.9. The summed E-state index contributed by atoms with van der Waals surface area (Å²) in [5, 5.41) is 1.39. The van der Waals surface area contributed by atoms with Crippen LogP contribution in [0, 0.1) is 0 Å². The minimum absolute atomic E-state index is 0.107. The van der Waals surface area contributed by atoms with Gasteiger partial charge in [-0.1, -0.05) is 11.6 Å². The van der Waals surface area contributed by atoms with Gasteiger partial charge in [-0.15, -0.1) is 0 Å². The molecular weight excluding hydrogens is 466 g/mol. The summed E-state index contributed by atoms with van der Waals surface area (Å²) in [4.78, 5) is 12.7. The van der Waals surface area contributed by atoms with Crippen LogP contribution < -0.4 is 5.32 Å². The number of ether oxygens (including phenoxy) is 1. The van der Waals surface area contributed by atoms with Crippen LogP contribution in [0.25, 0.3) is 0 Å². The van der Waals surface area contributed by atoms with Crippen molar-refractivity contribution in [3.63, 3.8) is 0 Å². The van der Waals surface area contributed by atoms with Crippen molar-refractivity contribution in [1.82, 2.24) is 10.2 Å². The highest BCUT2D eigenvalue weighted by atomic mass is 35.5. The Labute approximate surface area is 184 Å². The van der Waals surface area contributed by atoms with Crippen LogP contribution in [0.4, 0.5) is 26.3 Å². The molecule has 32 heavy (non-hydrogen) atoms. The fraction of sp³-hybridized carbons (Fsp3) is 0.450. The highest BCUT2D eigenvalue weighted by Crippen LogP contribution is 2.46. The lowest BCUT2D eigenvalue weighted by molar-refractivity contribution is -0.352. The average Bonchev–Trinajstić information content (AvgIpc) is 3.38. The third-order valence-electron chi connectivity index (χ3n) is 5.07. The predicted molar refractivity (Wildman–Crippen MR) is 102 cm³/mol. The second-order valence-electron chi connectivity index (χ2n) is 7.26. The Morgan fingerprint density at radius 1 is 1.09 bits per heavy atom. The number of amides is 1. The normalized spacial score (nSPS) is 17.7. The van der Waals surface area contributed by atoms with Gasteiger partial charge in [0, 0.05) is 23.7 Å². The Hall–Kier alpha value is -2.24. The van der Waals surface area contributed by atoms with Crippen LogP contribution in [0.5, 0.6) is 0 Å². The Kier molecular flexibility index (Phi) is 7.11. The van der Waals surface area contributed by atoms with Crippen LogP contribution in [0.2, 0.25) is 5.02 Å². The quantitative estimate of drug-likeness (QED) is 0.435. The molecule has 0 radical (unpaired) electrons. The number of halogens is 7. The fourth-order valence-electron chi connectivity index (χ4n) is 3.52. The highest BCUT2D eigenvalue weighted by molar-refractivity contribution is 6.30. The number of alkyl halides is 6. The van der Waals surface area contributed by atoms with Gasteiger partial charge in [0.05, 0.1) is 18.9 Å². The molecule has 0 unspecified atom stereocenters. The lowest BCUT2D eigenvalue weighted by atomic mass is 10.0. The molecule has 1 N–H and O–H groups in total. The summed E-state index contributed by atoms with van der Waals surface area (Å²) in [6.07, 6.45) is -10.8. The van der Waals surface area contributed by atoms with Crippen molar-refractivity contribution in [2.75, 3.05) is 13.2 Å². The van der Waals surface area contributed by atoms with E-state index in [4.69, 9.17) is 20.8 Å². The van der Waals surface area contributed by atoms with E-state index in [1.54, 1.807) is 0 Å². The molecule has 0 aliphatic carbocycles. The molecule has 1 aliphatic heterocycles. The summed E-state index contributed by atoms with van der Waals surface area (Å²) >= 11 is 5.70. The summed E-state index contributed by atoms with van der Waals surface area (Å²) in [6, 6.07) is 7.03. The monoisotopic (exact) mass is 484 g/mol. The lowest BCUT2D eigenvalue weighted by Crippen LogP contribution is -2.76. The maximum absolute atomic E-state index is 14.3. The van der Waals surface area contributed by atoms with Crippen molar-refractivity contribution < 1.29 is 40.3 Å². The van der Waals surface area contributed by atoms with E-state index in [0.29, 0.717) is 6.42 Å². The SMILES string of the molecule is O=C(NC(N(Cc1ccco1)C[C@H]1CCCO1)(C(F)(F)F)C(F)(F)F)c1ccc(Cl)cc1. The van der Waals surface area contributed by atoms with Gasteiger partial charge in [0.15, 0.2) is 0 Å². The molecule has 0 bridgehead atoms. The molecule has 2 heterocycles. The summed E-state index contributed by atoms with van der Waals surface area (Å²) in [5.74, 6) is -1.70. The van der Waals surface area contributed by atoms with Gasteiger partial charge >= 0.3 is 12.4 Å². The first-order valence-corrected chi connectivity index (χ1v) is 9.92. The number of hydrogen-bond donors (Lipinski definition) is 1. The Morgan fingerprint density at radius 3 is 2.25 bits per heavy atom. The van der Waals surface area contributed by atoms with Crippen LogP contribution in [0.1, 0.15) is 29.0 Å². The Bertz CT molecular complexity index is 880. The zero-order valence-electron chi connectivity index (χ0n) is 16.5. The number of hydrogen-bond acceptors (Lipinski definition) is 4. The van der Waals surface area contributed by atoms with E-state index < -0.39 is 48.7 Å². The Balaban J connectivity index is 2.07. The van der Waals surface area contributed by atoms with Crippen molar-refractivity contribution in [3.8, 4) is 0 Å². The molecule has 3 rings (SSSR count). The maximum atomic E-state index is 14.3. The zero-order valence-corrected chi connectivity index (χ0v) is 17.2. The summed E-state index contributed by atoms with van der Waals surface area (Å²) in [6.45, 7) is -1.38. The van der Waals surface area contributed by atoms with Crippen LogP contribution >= 0.6 is 11.6 Å². The van der Waals surface area contributed by atoms with Gasteiger partial charge in [-0.2, -0.15) is 26.3 Å². The molecule has 2 aromatic rings. The lowest BCUT2D eigenvalue weighted by Gasteiger charge is -2.46. The molecule has 12 heteroatoms. The van der Waals surface area contributed by atoms with E-state index in [-0.39, 0.29) is 28.7 Å². The molecule has 1 aromatic heterocycles. The van der Waals surface area contributed by atoms with Gasteiger partial charge in [-0.3, -0.25) is 9.69 Å². The number of benzene rings is 1. The molecule has 1 atom stereocenters. The molecule has 5 nitrogen and oxygen atoms in total. The van der Waals surface area contributed by atoms with Crippen molar-refractivity contribution in [3.05, 3.63) is 59.0 Å². The number of carbonyl (C=O) groups is 1. The third kappa shape index (κ3) is 5.05. The minimum Gasteiger partial charge on any atom is -0.468 e. The van der Waals surface area contributed by atoms with Gasteiger partial charge in [-0.05, 0) is 49.2 Å². The molecule has 0 spiro atoms. The van der Waals surface area contributed by atoms with Crippen molar-refractivity contribution in [2.45, 2.75) is 43.5 Å². The number of rotatable bonds is 7. The second kappa shape index (κ2) is 9.32. The first-order valence-electron chi connectivity index (χ1n) is 9.54. The molecule has 1 aromatic carbocycles. The number of nitrogens with zero attached hydrogens (tertiary/aromatic N) is 1.